The molecule has 1 saturated carbocycles. The molecule has 1 amide bonds. The molecular weight excluding hydrogens is 352 g/mol. The van der Waals surface area contributed by atoms with Crippen LogP contribution in [0.15, 0.2) is 35.5 Å². The molecule has 2 heterocycles. The van der Waals surface area contributed by atoms with Crippen LogP contribution in [0.5, 0.6) is 0 Å². The number of aryl methyl sites for hydroxylation is 1. The summed E-state index contributed by atoms with van der Waals surface area (Å²) < 4.78 is 27.9. The van der Waals surface area contributed by atoms with Crippen LogP contribution in [0.1, 0.15) is 43.5 Å². The molecule has 0 atom stereocenters. The van der Waals surface area contributed by atoms with Crippen molar-refractivity contribution in [2.75, 3.05) is 16.2 Å². The zero-order valence-electron chi connectivity index (χ0n) is 14.5. The van der Waals surface area contributed by atoms with Crippen molar-refractivity contribution < 1.29 is 13.2 Å². The molecule has 0 bridgehead atoms. The highest BCUT2D eigenvalue weighted by Crippen LogP contribution is 2.37. The van der Waals surface area contributed by atoms with E-state index in [1.165, 1.54) is 25.4 Å². The van der Waals surface area contributed by atoms with Gasteiger partial charge in [-0.25, -0.2) is 18.4 Å². The Morgan fingerprint density at radius 3 is 2.62 bits per heavy atom. The van der Waals surface area contributed by atoms with Crippen LogP contribution in [0.4, 0.5) is 11.4 Å². The van der Waals surface area contributed by atoms with E-state index in [-0.39, 0.29) is 10.8 Å². The molecule has 2 aromatic rings. The topological polar surface area (TPSA) is 92.3 Å². The summed E-state index contributed by atoms with van der Waals surface area (Å²) in [7, 11) is -3.74. The Kier molecular flexibility index (Phi) is 4.14. The van der Waals surface area contributed by atoms with Gasteiger partial charge in [0.1, 0.15) is 5.82 Å². The summed E-state index contributed by atoms with van der Waals surface area (Å²) in [6, 6.07) is 4.88. The maximum atomic E-state index is 12.7. The van der Waals surface area contributed by atoms with E-state index < -0.39 is 10.0 Å². The van der Waals surface area contributed by atoms with E-state index in [1.807, 2.05) is 0 Å². The third-order valence-corrected chi connectivity index (χ3v) is 6.11. The van der Waals surface area contributed by atoms with E-state index in [0.717, 1.165) is 42.8 Å². The van der Waals surface area contributed by atoms with Crippen LogP contribution in [0.25, 0.3) is 0 Å². The minimum Gasteiger partial charge on any atom is -0.312 e. The second-order valence-corrected chi connectivity index (χ2v) is 8.46. The van der Waals surface area contributed by atoms with Crippen LogP contribution >= 0.6 is 0 Å². The summed E-state index contributed by atoms with van der Waals surface area (Å²) in [5, 5.41) is 0. The number of nitrogens with one attached hydrogen (secondary N) is 1. The molecule has 1 aliphatic carbocycles. The van der Waals surface area contributed by atoms with Crippen LogP contribution < -0.4 is 9.62 Å². The molecule has 1 aliphatic heterocycles. The molecule has 4 rings (SSSR count). The van der Waals surface area contributed by atoms with Gasteiger partial charge in [0, 0.05) is 25.1 Å². The lowest BCUT2D eigenvalue weighted by molar-refractivity contribution is -0.116. The molecule has 8 heteroatoms. The predicted octanol–water partition coefficient (Wildman–Crippen LogP) is 2.45. The number of carbonyl (C=O) groups is 1. The van der Waals surface area contributed by atoms with Gasteiger partial charge in [0.2, 0.25) is 5.91 Å². The molecule has 1 N–H and O–H groups in total. The van der Waals surface area contributed by atoms with Crippen molar-refractivity contribution in [3.8, 4) is 0 Å². The molecule has 7 nitrogen and oxygen atoms in total. The first kappa shape index (κ1) is 17.0. The van der Waals surface area contributed by atoms with Gasteiger partial charge in [-0.2, -0.15) is 0 Å². The van der Waals surface area contributed by atoms with Gasteiger partial charge in [-0.05, 0) is 49.4 Å². The van der Waals surface area contributed by atoms with E-state index in [1.54, 1.807) is 17.0 Å². The summed E-state index contributed by atoms with van der Waals surface area (Å²) in [5.41, 5.74) is 2.01. The van der Waals surface area contributed by atoms with Crippen LogP contribution in [0.2, 0.25) is 0 Å². The largest absolute Gasteiger partial charge is 0.312 e. The van der Waals surface area contributed by atoms with Gasteiger partial charge >= 0.3 is 0 Å². The second-order valence-electron chi connectivity index (χ2n) is 6.77. The van der Waals surface area contributed by atoms with Crippen molar-refractivity contribution in [2.45, 2.75) is 43.4 Å². The lowest BCUT2D eigenvalue weighted by Gasteiger charge is -2.28. The zero-order chi connectivity index (χ0) is 18.3. The highest BCUT2D eigenvalue weighted by Gasteiger charge is 2.27. The highest BCUT2D eigenvalue weighted by molar-refractivity contribution is 7.92. The molecule has 136 valence electrons. The van der Waals surface area contributed by atoms with Gasteiger partial charge in [0.15, 0.2) is 0 Å². The Bertz CT molecular complexity index is 953. The lowest BCUT2D eigenvalue weighted by Crippen LogP contribution is -2.33. The summed E-state index contributed by atoms with van der Waals surface area (Å²) in [4.78, 5) is 22.1. The highest BCUT2D eigenvalue weighted by atomic mass is 32.2. The number of anilines is 2. The fourth-order valence-corrected chi connectivity index (χ4v) is 4.30. The van der Waals surface area contributed by atoms with Crippen molar-refractivity contribution in [3.05, 3.63) is 42.0 Å². The molecule has 1 fully saturated rings. The molecule has 26 heavy (non-hydrogen) atoms. The number of sulfonamides is 1. The number of nitrogens with zero attached hydrogens (tertiary/aromatic N) is 3. The maximum Gasteiger partial charge on any atom is 0.262 e. The summed E-state index contributed by atoms with van der Waals surface area (Å²) >= 11 is 0. The number of aromatic nitrogens is 2. The Morgan fingerprint density at radius 2 is 1.96 bits per heavy atom. The Labute approximate surface area is 152 Å². The minimum absolute atomic E-state index is 0.0346. The SMILES string of the molecule is CC(=O)N1CCCc2cc(S(=O)(=O)Nc3cnc(C4CC4)nc3)ccc21. The normalized spacial score (nSPS) is 16.9. The van der Waals surface area contributed by atoms with Gasteiger partial charge in [0.05, 0.1) is 23.0 Å². The Morgan fingerprint density at radius 1 is 1.23 bits per heavy atom. The number of fused-ring (bicyclic) bond motifs is 1. The fraction of sp³-hybridized carbons (Fsp3) is 0.389. The molecule has 2 aliphatic rings. The van der Waals surface area contributed by atoms with E-state index in [4.69, 9.17) is 0 Å². The third kappa shape index (κ3) is 3.29. The number of carbonyl (C=O) groups excluding carboxylic acids is 1. The molecule has 1 aromatic heterocycles. The van der Waals surface area contributed by atoms with Crippen LogP contribution in [0.3, 0.4) is 0 Å². The van der Waals surface area contributed by atoms with E-state index in [0.29, 0.717) is 18.2 Å². The van der Waals surface area contributed by atoms with Crippen molar-refractivity contribution in [2.24, 2.45) is 0 Å². The molecule has 0 radical (unpaired) electrons. The Hall–Kier alpha value is -2.48. The van der Waals surface area contributed by atoms with E-state index >= 15 is 0 Å². The summed E-state index contributed by atoms with van der Waals surface area (Å²) in [6.45, 7) is 2.18. The van der Waals surface area contributed by atoms with E-state index in [2.05, 4.69) is 14.7 Å². The molecule has 0 spiro atoms. The first-order valence-electron chi connectivity index (χ1n) is 8.70. The molecule has 0 unspecified atom stereocenters. The molecule has 0 saturated heterocycles. The number of benzene rings is 1. The molecule has 1 aromatic carbocycles. The molecular formula is C18H20N4O3S. The quantitative estimate of drug-likeness (QED) is 0.890. The first-order valence-corrected chi connectivity index (χ1v) is 10.2. The van der Waals surface area contributed by atoms with Gasteiger partial charge in [-0.15, -0.1) is 0 Å². The fourth-order valence-electron chi connectivity index (χ4n) is 3.22. The van der Waals surface area contributed by atoms with Crippen LogP contribution in [0, 0.1) is 0 Å². The van der Waals surface area contributed by atoms with Crippen molar-refractivity contribution in [1.82, 2.24) is 9.97 Å². The minimum atomic E-state index is -3.74. The average Bonchev–Trinajstić information content (AvgIpc) is 3.46. The van der Waals surface area contributed by atoms with Crippen LogP contribution in [-0.2, 0) is 21.2 Å². The number of hydrogen-bond donors (Lipinski definition) is 1. The summed E-state index contributed by atoms with van der Waals surface area (Å²) in [5.74, 6) is 1.16. The number of amides is 1. The van der Waals surface area contributed by atoms with Gasteiger partial charge in [0.25, 0.3) is 10.0 Å². The predicted molar refractivity (Wildman–Crippen MR) is 97.6 cm³/mol. The van der Waals surface area contributed by atoms with E-state index in [9.17, 15) is 13.2 Å². The number of rotatable bonds is 4. The zero-order valence-corrected chi connectivity index (χ0v) is 15.3. The van der Waals surface area contributed by atoms with Crippen molar-refractivity contribution >= 4 is 27.3 Å². The monoisotopic (exact) mass is 372 g/mol. The third-order valence-electron chi connectivity index (χ3n) is 4.73. The maximum absolute atomic E-state index is 12.7. The van der Waals surface area contributed by atoms with Gasteiger partial charge < -0.3 is 4.90 Å². The summed E-state index contributed by atoms with van der Waals surface area (Å²) in [6.07, 6.45) is 6.78. The lowest BCUT2D eigenvalue weighted by atomic mass is 10.0. The van der Waals surface area contributed by atoms with Crippen molar-refractivity contribution in [3.63, 3.8) is 0 Å². The van der Waals surface area contributed by atoms with Crippen LogP contribution in [-0.4, -0.2) is 30.8 Å². The number of hydrogen-bond acceptors (Lipinski definition) is 5. The second kappa shape index (κ2) is 6.35. The Balaban J connectivity index is 1.58. The van der Waals surface area contributed by atoms with Crippen molar-refractivity contribution in [1.29, 1.82) is 0 Å². The average molecular weight is 372 g/mol. The van der Waals surface area contributed by atoms with Gasteiger partial charge in [-0.1, -0.05) is 0 Å². The smallest absolute Gasteiger partial charge is 0.262 e. The first-order chi connectivity index (χ1) is 12.4. The standard InChI is InChI=1S/C18H20N4O3S/c1-12(23)22-8-2-3-14-9-16(6-7-17(14)22)26(24,25)21-15-10-19-18(20-11-15)13-4-5-13/h6-7,9-11,13,21H,2-5,8H2,1H3. The van der Waals surface area contributed by atoms with Gasteiger partial charge in [-0.3, -0.25) is 9.52 Å².